The van der Waals surface area contributed by atoms with Crippen molar-refractivity contribution in [3.63, 3.8) is 0 Å². The molecule has 1 amide bonds. The van der Waals surface area contributed by atoms with Gasteiger partial charge in [0, 0.05) is 18.7 Å². The lowest BCUT2D eigenvalue weighted by Gasteiger charge is -2.13. The molecule has 0 aromatic heterocycles. The number of amides is 1. The van der Waals surface area contributed by atoms with Crippen LogP contribution in [0.4, 0.5) is 18.9 Å². The summed E-state index contributed by atoms with van der Waals surface area (Å²) < 4.78 is 40.0. The number of rotatable bonds is 5. The highest BCUT2D eigenvalue weighted by atomic mass is 19.4. The Labute approximate surface area is 113 Å². The van der Waals surface area contributed by atoms with E-state index >= 15 is 0 Å². The highest BCUT2D eigenvalue weighted by Crippen LogP contribution is 2.27. The number of hydrogen-bond acceptors (Lipinski definition) is 3. The molecule has 4 nitrogen and oxygen atoms in total. The van der Waals surface area contributed by atoms with Crippen LogP contribution < -0.4 is 5.32 Å². The molecule has 1 unspecified atom stereocenters. The van der Waals surface area contributed by atoms with Crippen LogP contribution in [0.2, 0.25) is 0 Å². The van der Waals surface area contributed by atoms with Crippen LogP contribution >= 0.6 is 0 Å². The van der Waals surface area contributed by atoms with E-state index in [2.05, 4.69) is 10.1 Å². The topological polar surface area (TPSA) is 58.6 Å². The minimum Gasteiger partial charge on any atom is -0.388 e. The van der Waals surface area contributed by atoms with Gasteiger partial charge in [0.1, 0.15) is 6.61 Å². The second kappa shape index (κ2) is 5.80. The Bertz CT molecular complexity index is 502. The van der Waals surface area contributed by atoms with Crippen molar-refractivity contribution in [2.75, 3.05) is 18.5 Å². The molecule has 1 aromatic rings. The van der Waals surface area contributed by atoms with Crippen LogP contribution in [0.3, 0.4) is 0 Å². The third kappa shape index (κ3) is 3.94. The van der Waals surface area contributed by atoms with Crippen LogP contribution in [0, 0.1) is 0 Å². The quantitative estimate of drug-likeness (QED) is 0.817. The Morgan fingerprint density at radius 3 is 2.85 bits per heavy atom. The smallest absolute Gasteiger partial charge is 0.388 e. The molecule has 1 aliphatic heterocycles. The number of benzene rings is 1. The number of anilines is 1. The van der Waals surface area contributed by atoms with Gasteiger partial charge < -0.3 is 15.2 Å². The number of carbonyl (C=O) groups is 1. The first kappa shape index (κ1) is 14.8. The molecule has 110 valence electrons. The number of ether oxygens (including phenoxy) is 1. The monoisotopic (exact) mass is 289 g/mol. The molecule has 1 aliphatic rings. The van der Waals surface area contributed by atoms with Gasteiger partial charge in [-0.05, 0) is 17.2 Å². The highest BCUT2D eigenvalue weighted by Gasteiger charge is 2.27. The molecule has 1 atom stereocenters. The van der Waals surface area contributed by atoms with Gasteiger partial charge in [0.25, 0.3) is 0 Å². The predicted molar refractivity (Wildman–Crippen MR) is 65.2 cm³/mol. The van der Waals surface area contributed by atoms with Crippen LogP contribution in [0.1, 0.15) is 23.7 Å². The van der Waals surface area contributed by atoms with Gasteiger partial charge in [-0.25, -0.2) is 0 Å². The van der Waals surface area contributed by atoms with E-state index in [1.807, 2.05) is 0 Å². The molecular weight excluding hydrogens is 275 g/mol. The standard InChI is InChI=1S/C13H14F3NO3/c14-13(15,16)7-20-4-3-11(18)8-1-2-10-9(5-8)6-12(19)17-10/h1-2,5,11,18H,3-4,6-7H2,(H,17,19). The molecule has 0 bridgehead atoms. The fourth-order valence-electron chi connectivity index (χ4n) is 2.01. The highest BCUT2D eigenvalue weighted by molar-refractivity contribution is 5.99. The van der Waals surface area contributed by atoms with E-state index in [1.165, 1.54) is 0 Å². The maximum absolute atomic E-state index is 11.9. The second-order valence-electron chi connectivity index (χ2n) is 4.61. The van der Waals surface area contributed by atoms with Crippen molar-refractivity contribution in [2.24, 2.45) is 0 Å². The normalized spacial score (nSPS) is 15.9. The number of halogens is 3. The maximum Gasteiger partial charge on any atom is 0.411 e. The molecule has 7 heteroatoms. The van der Waals surface area contributed by atoms with Gasteiger partial charge >= 0.3 is 6.18 Å². The SMILES string of the molecule is O=C1Cc2cc(C(O)CCOCC(F)(F)F)ccc2N1. The molecule has 2 rings (SSSR count). The summed E-state index contributed by atoms with van der Waals surface area (Å²) in [6.45, 7) is -1.50. The summed E-state index contributed by atoms with van der Waals surface area (Å²) in [5.74, 6) is -0.111. The molecule has 1 heterocycles. The summed E-state index contributed by atoms with van der Waals surface area (Å²) in [6, 6.07) is 5.00. The summed E-state index contributed by atoms with van der Waals surface area (Å²) >= 11 is 0. The average molecular weight is 289 g/mol. The number of carbonyl (C=O) groups excluding carboxylic acids is 1. The van der Waals surface area contributed by atoms with Gasteiger partial charge in [-0.3, -0.25) is 4.79 Å². The fraction of sp³-hybridized carbons (Fsp3) is 0.462. The lowest BCUT2D eigenvalue weighted by molar-refractivity contribution is -0.175. The van der Waals surface area contributed by atoms with Crippen molar-refractivity contribution in [3.05, 3.63) is 29.3 Å². The summed E-state index contributed by atoms with van der Waals surface area (Å²) in [5.41, 5.74) is 2.05. The van der Waals surface area contributed by atoms with Crippen LogP contribution in [0.5, 0.6) is 0 Å². The molecule has 0 saturated carbocycles. The van der Waals surface area contributed by atoms with E-state index < -0.39 is 18.9 Å². The third-order valence-electron chi connectivity index (χ3n) is 2.94. The van der Waals surface area contributed by atoms with E-state index in [9.17, 15) is 23.1 Å². The van der Waals surface area contributed by atoms with E-state index in [1.54, 1.807) is 18.2 Å². The van der Waals surface area contributed by atoms with Gasteiger partial charge in [-0.1, -0.05) is 12.1 Å². The minimum atomic E-state index is -4.36. The molecule has 20 heavy (non-hydrogen) atoms. The van der Waals surface area contributed by atoms with Crippen molar-refractivity contribution in [1.29, 1.82) is 0 Å². The molecule has 0 radical (unpaired) electrons. The molecular formula is C13H14F3NO3. The predicted octanol–water partition coefficient (Wildman–Crippen LogP) is 2.18. The Hall–Kier alpha value is -1.60. The van der Waals surface area contributed by atoms with Crippen molar-refractivity contribution >= 4 is 11.6 Å². The lowest BCUT2D eigenvalue weighted by atomic mass is 10.0. The summed E-state index contributed by atoms with van der Waals surface area (Å²) in [6.07, 6.45) is -4.95. The zero-order valence-corrected chi connectivity index (χ0v) is 10.5. The van der Waals surface area contributed by atoms with Gasteiger partial charge in [0.15, 0.2) is 0 Å². The van der Waals surface area contributed by atoms with Crippen molar-refractivity contribution in [1.82, 2.24) is 0 Å². The number of fused-ring (bicyclic) bond motifs is 1. The second-order valence-corrected chi connectivity index (χ2v) is 4.61. The van der Waals surface area contributed by atoms with E-state index in [4.69, 9.17) is 0 Å². The fourth-order valence-corrected chi connectivity index (χ4v) is 2.01. The summed E-state index contributed by atoms with van der Waals surface area (Å²) in [7, 11) is 0. The average Bonchev–Trinajstić information content (AvgIpc) is 2.72. The van der Waals surface area contributed by atoms with E-state index in [-0.39, 0.29) is 25.4 Å². The molecule has 0 fully saturated rings. The van der Waals surface area contributed by atoms with E-state index in [0.29, 0.717) is 11.3 Å². The zero-order valence-electron chi connectivity index (χ0n) is 10.5. The van der Waals surface area contributed by atoms with Crippen molar-refractivity contribution in [3.8, 4) is 0 Å². The molecule has 2 N–H and O–H groups in total. The van der Waals surface area contributed by atoms with Crippen LogP contribution in [0.25, 0.3) is 0 Å². The van der Waals surface area contributed by atoms with Crippen LogP contribution in [-0.4, -0.2) is 30.4 Å². The van der Waals surface area contributed by atoms with Gasteiger partial charge in [-0.15, -0.1) is 0 Å². The first-order valence-corrected chi connectivity index (χ1v) is 6.10. The zero-order chi connectivity index (χ0) is 14.8. The van der Waals surface area contributed by atoms with Crippen molar-refractivity contribution < 1.29 is 27.8 Å². The van der Waals surface area contributed by atoms with Gasteiger partial charge in [0.05, 0.1) is 12.5 Å². The molecule has 0 saturated heterocycles. The third-order valence-corrected chi connectivity index (χ3v) is 2.94. The van der Waals surface area contributed by atoms with Crippen LogP contribution in [0.15, 0.2) is 18.2 Å². The van der Waals surface area contributed by atoms with Gasteiger partial charge in [-0.2, -0.15) is 13.2 Å². The number of aliphatic hydroxyl groups excluding tert-OH is 1. The lowest BCUT2D eigenvalue weighted by Crippen LogP contribution is -2.18. The van der Waals surface area contributed by atoms with E-state index in [0.717, 1.165) is 5.56 Å². The molecule has 0 aliphatic carbocycles. The molecule has 1 aromatic carbocycles. The Morgan fingerprint density at radius 1 is 1.40 bits per heavy atom. The maximum atomic E-state index is 11.9. The van der Waals surface area contributed by atoms with Crippen LogP contribution in [-0.2, 0) is 16.0 Å². The summed E-state index contributed by atoms with van der Waals surface area (Å²) in [5, 5.41) is 12.5. The summed E-state index contributed by atoms with van der Waals surface area (Å²) in [4.78, 5) is 11.2. The number of hydrogen-bond donors (Lipinski definition) is 2. The number of alkyl halides is 3. The Kier molecular flexibility index (Phi) is 4.29. The first-order chi connectivity index (χ1) is 9.35. The minimum absolute atomic E-state index is 0.0657. The Morgan fingerprint density at radius 2 is 2.15 bits per heavy atom. The first-order valence-electron chi connectivity index (χ1n) is 6.10. The Balaban J connectivity index is 1.86. The molecule has 0 spiro atoms. The number of nitrogens with one attached hydrogen (secondary N) is 1. The van der Waals surface area contributed by atoms with Crippen molar-refractivity contribution in [2.45, 2.75) is 25.1 Å². The largest absolute Gasteiger partial charge is 0.411 e. The van der Waals surface area contributed by atoms with Gasteiger partial charge in [0.2, 0.25) is 5.91 Å². The number of aliphatic hydroxyl groups is 1.